The number of thioether (sulfide) groups is 1. The first-order valence-corrected chi connectivity index (χ1v) is 13.7. The molecule has 1 amide bonds. The monoisotopic (exact) mass is 589 g/mol. The Kier molecular flexibility index (Phi) is 6.93. The Labute approximate surface area is 236 Å². The maximum Gasteiger partial charge on any atom is 0.363 e. The number of hydrogen-bond donors (Lipinski definition) is 0. The van der Waals surface area contributed by atoms with Gasteiger partial charge in [0.15, 0.2) is 17.3 Å². The van der Waals surface area contributed by atoms with E-state index in [1.807, 2.05) is 24.3 Å². The Morgan fingerprint density at radius 3 is 2.75 bits per heavy atom. The van der Waals surface area contributed by atoms with E-state index in [2.05, 4.69) is 4.74 Å². The summed E-state index contributed by atoms with van der Waals surface area (Å²) in [6.45, 7) is 0.549. The van der Waals surface area contributed by atoms with Crippen molar-refractivity contribution in [2.24, 2.45) is 0 Å². The van der Waals surface area contributed by atoms with Crippen molar-refractivity contribution in [3.8, 4) is 5.75 Å². The van der Waals surface area contributed by atoms with Crippen molar-refractivity contribution in [3.05, 3.63) is 92.9 Å². The SMILES string of the molecule is COC(=O)C(Cl)Oc1c2n(ccc1=O)N([C@@H]1c3ccccc3SCc3c1ccc(F)c3F)[C@@H]1COCCN1C2=O. The third-order valence-corrected chi connectivity index (χ3v) is 8.52. The summed E-state index contributed by atoms with van der Waals surface area (Å²) in [5, 5.41) is 1.80. The number of ether oxygens (including phenoxy) is 3. The number of fused-ring (bicyclic) bond motifs is 4. The predicted octanol–water partition coefficient (Wildman–Crippen LogP) is 3.39. The molecule has 40 heavy (non-hydrogen) atoms. The molecule has 208 valence electrons. The molecule has 0 radical (unpaired) electrons. The second-order valence-corrected chi connectivity index (χ2v) is 10.7. The molecule has 1 fully saturated rings. The smallest absolute Gasteiger partial charge is 0.363 e. The van der Waals surface area contributed by atoms with Crippen molar-refractivity contribution in [2.45, 2.75) is 28.4 Å². The number of esters is 1. The van der Waals surface area contributed by atoms with Crippen LogP contribution in [0.4, 0.5) is 8.78 Å². The number of pyridine rings is 1. The van der Waals surface area contributed by atoms with Crippen LogP contribution in [-0.4, -0.2) is 60.0 Å². The molecule has 1 unspecified atom stereocenters. The Bertz CT molecular complexity index is 1590. The number of carbonyl (C=O) groups is 2. The second kappa shape index (κ2) is 10.4. The van der Waals surface area contributed by atoms with Crippen LogP contribution in [-0.2, 0) is 20.0 Å². The van der Waals surface area contributed by atoms with E-state index < -0.39 is 52.5 Å². The Morgan fingerprint density at radius 1 is 1.15 bits per heavy atom. The highest BCUT2D eigenvalue weighted by atomic mass is 35.5. The van der Waals surface area contributed by atoms with Gasteiger partial charge in [0.1, 0.15) is 6.17 Å². The molecular formula is C27H22ClF2N3O6S. The van der Waals surface area contributed by atoms with Gasteiger partial charge in [-0.15, -0.1) is 11.8 Å². The number of carbonyl (C=O) groups excluding carboxylic acids is 2. The van der Waals surface area contributed by atoms with Gasteiger partial charge in [-0.3, -0.25) is 19.3 Å². The lowest BCUT2D eigenvalue weighted by Gasteiger charge is -2.51. The Morgan fingerprint density at radius 2 is 1.95 bits per heavy atom. The molecule has 0 spiro atoms. The third kappa shape index (κ3) is 4.21. The predicted molar refractivity (Wildman–Crippen MR) is 141 cm³/mol. The van der Waals surface area contributed by atoms with Gasteiger partial charge < -0.3 is 19.1 Å². The summed E-state index contributed by atoms with van der Waals surface area (Å²) in [4.78, 5) is 41.3. The molecule has 3 aliphatic heterocycles. The first kappa shape index (κ1) is 26.6. The number of benzene rings is 2. The summed E-state index contributed by atoms with van der Waals surface area (Å²) in [6, 6.07) is 10.6. The molecule has 6 rings (SSSR count). The molecule has 3 aliphatic rings. The molecule has 0 saturated carbocycles. The summed E-state index contributed by atoms with van der Waals surface area (Å²) in [5.41, 5.74) is -1.06. The van der Waals surface area contributed by atoms with E-state index >= 15 is 4.39 Å². The number of halogens is 3. The molecular weight excluding hydrogens is 568 g/mol. The van der Waals surface area contributed by atoms with Gasteiger partial charge in [-0.2, -0.15) is 0 Å². The molecule has 0 aliphatic carbocycles. The average molecular weight is 590 g/mol. The number of methoxy groups -OCH3 is 1. The van der Waals surface area contributed by atoms with Crippen LogP contribution in [0.15, 0.2) is 58.4 Å². The van der Waals surface area contributed by atoms with E-state index in [1.165, 1.54) is 39.7 Å². The molecule has 13 heteroatoms. The Hall–Kier alpha value is -3.61. The molecule has 9 nitrogen and oxygen atoms in total. The zero-order valence-electron chi connectivity index (χ0n) is 21.0. The number of rotatable bonds is 4. The zero-order valence-corrected chi connectivity index (χ0v) is 22.6. The van der Waals surface area contributed by atoms with Crippen molar-refractivity contribution in [1.29, 1.82) is 0 Å². The highest BCUT2D eigenvalue weighted by Crippen LogP contribution is 2.45. The highest BCUT2D eigenvalue weighted by Gasteiger charge is 2.46. The minimum atomic E-state index is -1.69. The normalized spacial score (nSPS) is 20.4. The van der Waals surface area contributed by atoms with Gasteiger partial charge in [0, 0.05) is 35.0 Å². The number of morpholine rings is 1. The fourth-order valence-corrected chi connectivity index (χ4v) is 6.62. The highest BCUT2D eigenvalue weighted by molar-refractivity contribution is 7.98. The fourth-order valence-electron chi connectivity index (χ4n) is 5.33. The molecule has 1 aromatic heterocycles. The van der Waals surface area contributed by atoms with Crippen molar-refractivity contribution >= 4 is 35.2 Å². The van der Waals surface area contributed by atoms with Crippen LogP contribution in [0.2, 0.25) is 0 Å². The molecule has 3 atom stereocenters. The number of alkyl halides is 1. The van der Waals surface area contributed by atoms with Crippen LogP contribution in [0.5, 0.6) is 5.75 Å². The molecule has 0 N–H and O–H groups in total. The topological polar surface area (TPSA) is 90.3 Å². The van der Waals surface area contributed by atoms with Gasteiger partial charge in [0.2, 0.25) is 11.2 Å². The largest absolute Gasteiger partial charge is 0.465 e. The van der Waals surface area contributed by atoms with Crippen molar-refractivity contribution in [3.63, 3.8) is 0 Å². The average Bonchev–Trinajstić information content (AvgIpc) is 3.13. The summed E-state index contributed by atoms with van der Waals surface area (Å²) >= 11 is 7.43. The zero-order chi connectivity index (χ0) is 28.1. The number of hydrogen-bond acceptors (Lipinski definition) is 8. The van der Waals surface area contributed by atoms with Crippen molar-refractivity contribution in [1.82, 2.24) is 9.58 Å². The van der Waals surface area contributed by atoms with Crippen molar-refractivity contribution in [2.75, 3.05) is 31.9 Å². The third-order valence-electron chi connectivity index (χ3n) is 7.14. The summed E-state index contributed by atoms with van der Waals surface area (Å²) < 4.78 is 47.1. The van der Waals surface area contributed by atoms with Gasteiger partial charge >= 0.3 is 5.97 Å². The van der Waals surface area contributed by atoms with Gasteiger partial charge in [0.25, 0.3) is 11.5 Å². The standard InChI is InChI=1S/C27H22ClF2N3O6S/c1-37-27(36)25(28)39-24-18(34)8-9-32-23(24)26(35)31-10-11-38-12-20(31)33(32)22-14-6-7-17(29)21(30)16(14)13-40-19-5-3-2-4-15(19)22/h2-9,20,22,25H,10-13H2,1H3/t20-,22+,25?/m1/s1. The molecule has 3 aromatic rings. The number of nitrogens with zero attached hydrogens (tertiary/aromatic N) is 3. The molecule has 0 bridgehead atoms. The summed E-state index contributed by atoms with van der Waals surface area (Å²) in [7, 11) is 1.11. The maximum absolute atomic E-state index is 15.3. The lowest BCUT2D eigenvalue weighted by Crippen LogP contribution is -2.66. The van der Waals surface area contributed by atoms with Crippen LogP contribution >= 0.6 is 23.4 Å². The lowest BCUT2D eigenvalue weighted by atomic mass is 9.93. The maximum atomic E-state index is 15.3. The van der Waals surface area contributed by atoms with Crippen LogP contribution in [0, 0.1) is 11.6 Å². The lowest BCUT2D eigenvalue weighted by molar-refractivity contribution is -0.145. The van der Waals surface area contributed by atoms with Crippen LogP contribution in [0.25, 0.3) is 0 Å². The molecule has 2 aromatic carbocycles. The van der Waals surface area contributed by atoms with E-state index in [1.54, 1.807) is 5.01 Å². The first-order valence-electron chi connectivity index (χ1n) is 12.3. The Balaban J connectivity index is 1.62. The number of amides is 1. The van der Waals surface area contributed by atoms with E-state index in [0.717, 1.165) is 23.6 Å². The summed E-state index contributed by atoms with van der Waals surface area (Å²) in [5.74, 6) is -3.64. The van der Waals surface area contributed by atoms with Crippen LogP contribution in [0.3, 0.4) is 0 Å². The molecule has 4 heterocycles. The van der Waals surface area contributed by atoms with E-state index in [9.17, 15) is 18.8 Å². The van der Waals surface area contributed by atoms with Crippen LogP contribution in [0.1, 0.15) is 33.2 Å². The summed E-state index contributed by atoms with van der Waals surface area (Å²) in [6.07, 6.45) is 0.731. The van der Waals surface area contributed by atoms with Gasteiger partial charge in [-0.05, 0) is 23.3 Å². The van der Waals surface area contributed by atoms with E-state index in [0.29, 0.717) is 5.56 Å². The van der Waals surface area contributed by atoms with Crippen LogP contribution < -0.4 is 15.2 Å². The molecule has 1 saturated heterocycles. The van der Waals surface area contributed by atoms with Gasteiger partial charge in [-0.1, -0.05) is 35.9 Å². The van der Waals surface area contributed by atoms with Gasteiger partial charge in [-0.25, -0.2) is 13.6 Å². The fraction of sp³-hybridized carbons (Fsp3) is 0.296. The minimum absolute atomic E-state index is 0.110. The second-order valence-electron chi connectivity index (χ2n) is 9.25. The quantitative estimate of drug-likeness (QED) is 0.338. The van der Waals surface area contributed by atoms with E-state index in [-0.39, 0.29) is 36.8 Å². The minimum Gasteiger partial charge on any atom is -0.465 e. The van der Waals surface area contributed by atoms with E-state index in [4.69, 9.17) is 21.1 Å². The van der Waals surface area contributed by atoms with Crippen molar-refractivity contribution < 1.29 is 32.6 Å². The van der Waals surface area contributed by atoms with Gasteiger partial charge in [0.05, 0.1) is 26.4 Å². The number of aromatic nitrogens is 1. The first-order chi connectivity index (χ1) is 19.3.